The Kier molecular flexibility index (Phi) is 7.54. The van der Waals surface area contributed by atoms with Gasteiger partial charge in [0.15, 0.2) is 0 Å². The molecule has 0 unspecified atom stereocenters. The van der Waals surface area contributed by atoms with Crippen LogP contribution in [0.3, 0.4) is 0 Å². The molecule has 38 heavy (non-hydrogen) atoms. The first-order chi connectivity index (χ1) is 18.5. The minimum Gasteiger partial charge on any atom is -0.497 e. The highest BCUT2D eigenvalue weighted by Gasteiger charge is 2.29. The van der Waals surface area contributed by atoms with Crippen LogP contribution in [0.2, 0.25) is 0 Å². The van der Waals surface area contributed by atoms with Crippen LogP contribution in [0.5, 0.6) is 11.5 Å². The van der Waals surface area contributed by atoms with Gasteiger partial charge in [-0.2, -0.15) is 0 Å². The number of aromatic amines is 1. The number of anilines is 1. The summed E-state index contributed by atoms with van der Waals surface area (Å²) in [6.45, 7) is 4.43. The van der Waals surface area contributed by atoms with Gasteiger partial charge in [-0.3, -0.25) is 4.79 Å². The molecule has 1 saturated heterocycles. The number of H-pyrrole nitrogens is 1. The Morgan fingerprint density at radius 3 is 2.47 bits per heavy atom. The van der Waals surface area contributed by atoms with Gasteiger partial charge in [-0.05, 0) is 35.7 Å². The van der Waals surface area contributed by atoms with Gasteiger partial charge in [0.25, 0.3) is 0 Å². The number of methoxy groups -OCH3 is 2. The molecule has 1 N–H and O–H groups in total. The van der Waals surface area contributed by atoms with E-state index in [9.17, 15) is 9.18 Å². The normalized spacial score (nSPS) is 14.5. The molecule has 1 atom stereocenters. The van der Waals surface area contributed by atoms with Gasteiger partial charge in [0.2, 0.25) is 5.91 Å². The van der Waals surface area contributed by atoms with Crippen molar-refractivity contribution in [3.63, 3.8) is 0 Å². The lowest BCUT2D eigenvalue weighted by Crippen LogP contribution is -2.49. The number of carbonyl (C=O) groups is 1. The summed E-state index contributed by atoms with van der Waals surface area (Å²) in [7, 11) is 3.27. The van der Waals surface area contributed by atoms with E-state index in [0.717, 1.165) is 28.5 Å². The first kappa shape index (κ1) is 25.6. The molecule has 4 aromatic rings. The predicted molar refractivity (Wildman–Crippen MR) is 149 cm³/mol. The topological polar surface area (TPSA) is 57.8 Å². The quantitative estimate of drug-likeness (QED) is 0.324. The number of amides is 1. The number of nitrogens with one attached hydrogen (secondary N) is 1. The Morgan fingerprint density at radius 1 is 0.974 bits per heavy atom. The number of para-hydroxylation sites is 2. The second-order valence-electron chi connectivity index (χ2n) is 9.62. The van der Waals surface area contributed by atoms with Crippen molar-refractivity contribution < 1.29 is 18.7 Å². The molecule has 2 heterocycles. The largest absolute Gasteiger partial charge is 0.497 e. The van der Waals surface area contributed by atoms with Crippen LogP contribution in [0.4, 0.5) is 10.1 Å². The number of nitrogens with zero attached hydrogens (tertiary/aromatic N) is 2. The monoisotopic (exact) mass is 515 g/mol. The number of halogens is 1. The molecule has 0 saturated carbocycles. The Bertz CT molecular complexity index is 1430. The van der Waals surface area contributed by atoms with Crippen molar-refractivity contribution in [2.24, 2.45) is 0 Å². The third-order valence-corrected chi connectivity index (χ3v) is 7.61. The van der Waals surface area contributed by atoms with Gasteiger partial charge in [-0.1, -0.05) is 43.3 Å². The summed E-state index contributed by atoms with van der Waals surface area (Å²) < 4.78 is 25.5. The Balaban J connectivity index is 1.44. The summed E-state index contributed by atoms with van der Waals surface area (Å²) in [6, 6.07) is 18.9. The summed E-state index contributed by atoms with van der Waals surface area (Å²) in [4.78, 5) is 21.1. The van der Waals surface area contributed by atoms with Crippen LogP contribution in [0.15, 0.2) is 66.9 Å². The Morgan fingerprint density at radius 2 is 1.76 bits per heavy atom. The number of rotatable bonds is 8. The smallest absolute Gasteiger partial charge is 0.223 e. The molecule has 0 spiro atoms. The van der Waals surface area contributed by atoms with Crippen LogP contribution >= 0.6 is 0 Å². The van der Waals surface area contributed by atoms with Crippen molar-refractivity contribution in [1.82, 2.24) is 9.88 Å². The molecule has 5 rings (SSSR count). The summed E-state index contributed by atoms with van der Waals surface area (Å²) in [6.07, 6.45) is 3.24. The summed E-state index contributed by atoms with van der Waals surface area (Å²) >= 11 is 0. The minimum absolute atomic E-state index is 0.0713. The van der Waals surface area contributed by atoms with E-state index in [1.165, 1.54) is 11.6 Å². The Hall–Kier alpha value is -4.00. The third-order valence-electron chi connectivity index (χ3n) is 7.61. The minimum atomic E-state index is -0.232. The second-order valence-corrected chi connectivity index (χ2v) is 9.62. The first-order valence-corrected chi connectivity index (χ1v) is 13.1. The molecule has 1 aromatic heterocycles. The zero-order chi connectivity index (χ0) is 26.6. The van der Waals surface area contributed by atoms with Crippen LogP contribution in [0.1, 0.15) is 36.0 Å². The van der Waals surface area contributed by atoms with Crippen molar-refractivity contribution in [2.45, 2.75) is 25.7 Å². The zero-order valence-corrected chi connectivity index (χ0v) is 22.2. The molecule has 1 fully saturated rings. The number of benzene rings is 3. The molecule has 198 valence electrons. The van der Waals surface area contributed by atoms with Crippen LogP contribution < -0.4 is 14.4 Å². The SMILES string of the molecule is CCc1cccc2c([C@H](CC(=O)N3CCN(c4ccccc4F)CC3)c3ccc(OC)cc3OC)c[nH]c12. The van der Waals surface area contributed by atoms with E-state index >= 15 is 0 Å². The van der Waals surface area contributed by atoms with E-state index in [1.807, 2.05) is 40.3 Å². The number of piperazine rings is 1. The average molecular weight is 516 g/mol. The van der Waals surface area contributed by atoms with Gasteiger partial charge < -0.3 is 24.3 Å². The van der Waals surface area contributed by atoms with Crippen LogP contribution in [0.25, 0.3) is 10.9 Å². The molecule has 1 aliphatic heterocycles. The fourth-order valence-electron chi connectivity index (χ4n) is 5.52. The maximum atomic E-state index is 14.3. The maximum absolute atomic E-state index is 14.3. The summed E-state index contributed by atoms with van der Waals surface area (Å²) in [5.41, 5.74) is 4.94. The molecular weight excluding hydrogens is 481 g/mol. The van der Waals surface area contributed by atoms with Crippen molar-refractivity contribution >= 4 is 22.5 Å². The van der Waals surface area contributed by atoms with Gasteiger partial charge in [-0.25, -0.2) is 4.39 Å². The lowest BCUT2D eigenvalue weighted by atomic mass is 9.86. The van der Waals surface area contributed by atoms with Crippen LogP contribution in [-0.4, -0.2) is 56.2 Å². The standard InChI is InChI=1S/C31H34FN3O3/c1-4-21-8-7-9-24-26(20-33-31(21)24)25(23-13-12-22(37-2)18-29(23)38-3)19-30(36)35-16-14-34(15-17-35)28-11-6-5-10-27(28)32/h5-13,18,20,25,33H,4,14-17,19H2,1-3H3/t25-/m1/s1. The number of hydrogen-bond acceptors (Lipinski definition) is 4. The highest BCUT2D eigenvalue weighted by atomic mass is 19.1. The number of fused-ring (bicyclic) bond motifs is 1. The lowest BCUT2D eigenvalue weighted by molar-refractivity contribution is -0.131. The van der Waals surface area contributed by atoms with E-state index in [0.29, 0.717) is 49.8 Å². The van der Waals surface area contributed by atoms with E-state index < -0.39 is 0 Å². The van der Waals surface area contributed by atoms with Crippen molar-refractivity contribution in [2.75, 3.05) is 45.3 Å². The van der Waals surface area contributed by atoms with Crippen molar-refractivity contribution in [1.29, 1.82) is 0 Å². The van der Waals surface area contributed by atoms with Gasteiger partial charge in [0.05, 0.1) is 19.9 Å². The van der Waals surface area contributed by atoms with E-state index in [2.05, 4.69) is 30.1 Å². The molecule has 6 nitrogen and oxygen atoms in total. The van der Waals surface area contributed by atoms with Crippen molar-refractivity contribution in [3.8, 4) is 11.5 Å². The van der Waals surface area contributed by atoms with Crippen LogP contribution in [-0.2, 0) is 11.2 Å². The maximum Gasteiger partial charge on any atom is 0.223 e. The van der Waals surface area contributed by atoms with E-state index in [-0.39, 0.29) is 17.6 Å². The molecule has 0 aliphatic carbocycles. The first-order valence-electron chi connectivity index (χ1n) is 13.1. The average Bonchev–Trinajstić information content (AvgIpc) is 3.40. The molecule has 3 aromatic carbocycles. The van der Waals surface area contributed by atoms with E-state index in [4.69, 9.17) is 9.47 Å². The highest BCUT2D eigenvalue weighted by Crippen LogP contribution is 2.40. The highest BCUT2D eigenvalue weighted by molar-refractivity contribution is 5.88. The summed E-state index contributed by atoms with van der Waals surface area (Å²) in [5.74, 6) is 1.01. The molecule has 1 aliphatic rings. The number of aryl methyl sites for hydroxylation is 1. The molecule has 1 amide bonds. The number of hydrogen-bond donors (Lipinski definition) is 1. The fraction of sp³-hybridized carbons (Fsp3) is 0.323. The van der Waals surface area contributed by atoms with Gasteiger partial charge in [0, 0.05) is 67.2 Å². The molecular formula is C31H34FN3O3. The van der Waals surface area contributed by atoms with Gasteiger partial charge >= 0.3 is 0 Å². The summed E-state index contributed by atoms with van der Waals surface area (Å²) in [5, 5.41) is 1.12. The Labute approximate surface area is 223 Å². The number of aromatic nitrogens is 1. The second kappa shape index (κ2) is 11.2. The molecule has 0 radical (unpaired) electrons. The molecule has 0 bridgehead atoms. The zero-order valence-electron chi connectivity index (χ0n) is 22.2. The van der Waals surface area contributed by atoms with E-state index in [1.54, 1.807) is 26.4 Å². The number of carbonyl (C=O) groups excluding carboxylic acids is 1. The van der Waals surface area contributed by atoms with Crippen LogP contribution in [0, 0.1) is 5.82 Å². The molecule has 7 heteroatoms. The van der Waals surface area contributed by atoms with Gasteiger partial charge in [0.1, 0.15) is 17.3 Å². The third kappa shape index (κ3) is 4.93. The predicted octanol–water partition coefficient (Wildman–Crippen LogP) is 5.76. The van der Waals surface area contributed by atoms with Crippen molar-refractivity contribution in [3.05, 3.63) is 89.4 Å². The number of ether oxygens (including phenoxy) is 2. The lowest BCUT2D eigenvalue weighted by Gasteiger charge is -2.37. The fourth-order valence-corrected chi connectivity index (χ4v) is 5.52. The van der Waals surface area contributed by atoms with Gasteiger partial charge in [-0.15, -0.1) is 0 Å².